The molecule has 0 radical (unpaired) electrons. The van der Waals surface area contributed by atoms with Gasteiger partial charge in [-0.25, -0.2) is 8.42 Å². The summed E-state index contributed by atoms with van der Waals surface area (Å²) >= 11 is 0. The molecule has 0 bridgehead atoms. The number of nitrogens with two attached hydrogens (primary N) is 1. The second kappa shape index (κ2) is 6.71. The predicted octanol–water partition coefficient (Wildman–Crippen LogP) is 1.72. The minimum absolute atomic E-state index is 0.292. The third-order valence-electron chi connectivity index (χ3n) is 3.18. The first kappa shape index (κ1) is 17.5. The Kier molecular flexibility index (Phi) is 4.89. The van der Waals surface area contributed by atoms with Crippen molar-refractivity contribution in [1.82, 2.24) is 0 Å². The number of carbonyl (C=O) groups excluding carboxylic acids is 2. The molecule has 0 fully saturated rings. The molecule has 0 heterocycles. The van der Waals surface area contributed by atoms with Gasteiger partial charge < -0.3 is 11.1 Å². The summed E-state index contributed by atoms with van der Waals surface area (Å²) in [5, 5.41) is 2.69. The molecule has 4 N–H and O–H groups in total. The van der Waals surface area contributed by atoms with E-state index in [2.05, 4.69) is 10.0 Å². The van der Waals surface area contributed by atoms with Crippen LogP contribution in [0.15, 0.2) is 42.5 Å². The number of amides is 2. The quantitative estimate of drug-likeness (QED) is 0.763. The molecule has 24 heavy (non-hydrogen) atoms. The lowest BCUT2D eigenvalue weighted by molar-refractivity contribution is 0.0997. The molecule has 0 aliphatic carbocycles. The van der Waals surface area contributed by atoms with Gasteiger partial charge in [0.2, 0.25) is 15.9 Å². The van der Waals surface area contributed by atoms with Gasteiger partial charge >= 0.3 is 0 Å². The number of carbonyl (C=O) groups is 2. The maximum atomic E-state index is 12.3. The molecule has 0 saturated carbocycles. The molecule has 0 spiro atoms. The molecule has 7 nitrogen and oxygen atoms in total. The Labute approximate surface area is 139 Å². The molecule has 2 rings (SSSR count). The Morgan fingerprint density at radius 3 is 2.33 bits per heavy atom. The number of primary amides is 1. The zero-order valence-corrected chi connectivity index (χ0v) is 14.0. The average Bonchev–Trinajstić information content (AvgIpc) is 2.45. The highest BCUT2D eigenvalue weighted by Gasteiger charge is 2.10. The van der Waals surface area contributed by atoms with Gasteiger partial charge in [0.25, 0.3) is 5.91 Å². The number of hydrogen-bond donors (Lipinski definition) is 3. The van der Waals surface area contributed by atoms with E-state index in [1.807, 2.05) is 0 Å². The fourth-order valence-electron chi connectivity index (χ4n) is 2.16. The maximum Gasteiger partial charge on any atom is 0.255 e. The fourth-order valence-corrected chi connectivity index (χ4v) is 2.71. The van der Waals surface area contributed by atoms with Gasteiger partial charge in [0, 0.05) is 22.5 Å². The van der Waals surface area contributed by atoms with Gasteiger partial charge in [-0.15, -0.1) is 0 Å². The Balaban J connectivity index is 2.20. The van der Waals surface area contributed by atoms with E-state index in [-0.39, 0.29) is 0 Å². The average molecular weight is 347 g/mol. The van der Waals surface area contributed by atoms with Crippen molar-refractivity contribution in [1.29, 1.82) is 0 Å². The van der Waals surface area contributed by atoms with Gasteiger partial charge in [0.1, 0.15) is 0 Å². The number of sulfonamides is 1. The number of hydrogen-bond acceptors (Lipinski definition) is 4. The third-order valence-corrected chi connectivity index (χ3v) is 3.78. The lowest BCUT2D eigenvalue weighted by Crippen LogP contribution is -2.15. The van der Waals surface area contributed by atoms with Crippen LogP contribution in [0.5, 0.6) is 0 Å². The molecule has 8 heteroatoms. The number of rotatable bonds is 5. The van der Waals surface area contributed by atoms with Crippen molar-refractivity contribution in [2.24, 2.45) is 5.73 Å². The first-order chi connectivity index (χ1) is 11.2. The molecule has 126 valence electrons. The van der Waals surface area contributed by atoms with Crippen molar-refractivity contribution < 1.29 is 18.0 Å². The van der Waals surface area contributed by atoms with E-state index in [0.717, 1.165) is 6.26 Å². The summed E-state index contributed by atoms with van der Waals surface area (Å²) in [6.45, 7) is 1.71. The fraction of sp³-hybridized carbons (Fsp3) is 0.125. The zero-order chi connectivity index (χ0) is 17.9. The molecule has 0 aliphatic heterocycles. The second-order valence-corrected chi connectivity index (χ2v) is 7.05. The van der Waals surface area contributed by atoms with Crippen LogP contribution in [0.1, 0.15) is 26.3 Å². The topological polar surface area (TPSA) is 118 Å². The molecule has 2 aromatic carbocycles. The highest BCUT2D eigenvalue weighted by Crippen LogP contribution is 2.17. The highest BCUT2D eigenvalue weighted by molar-refractivity contribution is 7.92. The smallest absolute Gasteiger partial charge is 0.255 e. The van der Waals surface area contributed by atoms with Crippen LogP contribution in [0.4, 0.5) is 11.4 Å². The Hall–Kier alpha value is -2.87. The van der Waals surface area contributed by atoms with Crippen LogP contribution >= 0.6 is 0 Å². The molecule has 0 aromatic heterocycles. The van der Waals surface area contributed by atoms with Gasteiger partial charge in [-0.2, -0.15) is 0 Å². The Bertz CT molecular complexity index is 907. The largest absolute Gasteiger partial charge is 0.366 e. The molecule has 0 aliphatic rings. The number of nitrogens with one attached hydrogen (secondary N) is 2. The summed E-state index contributed by atoms with van der Waals surface area (Å²) in [5.74, 6) is -0.941. The molecule has 0 unspecified atom stereocenters. The van der Waals surface area contributed by atoms with Gasteiger partial charge in [0.15, 0.2) is 0 Å². The first-order valence-corrected chi connectivity index (χ1v) is 8.84. The Morgan fingerprint density at radius 1 is 1.04 bits per heavy atom. The molecule has 0 saturated heterocycles. The van der Waals surface area contributed by atoms with Gasteiger partial charge in [0.05, 0.1) is 6.26 Å². The third kappa shape index (κ3) is 4.56. The summed E-state index contributed by atoms with van der Waals surface area (Å²) in [4.78, 5) is 23.5. The van der Waals surface area contributed by atoms with Crippen molar-refractivity contribution in [3.05, 3.63) is 59.2 Å². The lowest BCUT2D eigenvalue weighted by atomic mass is 10.1. The number of benzene rings is 2. The Morgan fingerprint density at radius 2 is 1.75 bits per heavy atom. The minimum atomic E-state index is -3.42. The molecule has 2 amide bonds. The van der Waals surface area contributed by atoms with Gasteiger partial charge in [-0.05, 0) is 48.9 Å². The van der Waals surface area contributed by atoms with E-state index in [0.29, 0.717) is 28.1 Å². The van der Waals surface area contributed by atoms with Crippen molar-refractivity contribution in [3.63, 3.8) is 0 Å². The van der Waals surface area contributed by atoms with E-state index >= 15 is 0 Å². The van der Waals surface area contributed by atoms with Crippen LogP contribution in [0.2, 0.25) is 0 Å². The summed E-state index contributed by atoms with van der Waals surface area (Å²) in [6, 6.07) is 10.9. The molecular formula is C16H17N3O4S. The van der Waals surface area contributed by atoms with E-state index in [1.165, 1.54) is 12.1 Å². The van der Waals surface area contributed by atoms with E-state index in [9.17, 15) is 18.0 Å². The van der Waals surface area contributed by atoms with Gasteiger partial charge in [-0.3, -0.25) is 14.3 Å². The minimum Gasteiger partial charge on any atom is -0.366 e. The standard InChI is InChI=1S/C16H17N3O4S/c1-10-8-12(6-7-14(10)15(17)20)18-16(21)11-4-3-5-13(9-11)19-24(2,22)23/h3-9,19H,1-2H3,(H2,17,20)(H,18,21). The zero-order valence-electron chi connectivity index (χ0n) is 13.2. The van der Waals surface area contributed by atoms with E-state index in [1.54, 1.807) is 37.3 Å². The monoisotopic (exact) mass is 347 g/mol. The van der Waals surface area contributed by atoms with Crippen molar-refractivity contribution >= 4 is 33.2 Å². The summed E-state index contributed by atoms with van der Waals surface area (Å²) in [7, 11) is -3.42. The molecule has 2 aromatic rings. The van der Waals surface area contributed by atoms with E-state index in [4.69, 9.17) is 5.73 Å². The second-order valence-electron chi connectivity index (χ2n) is 5.30. The number of anilines is 2. The van der Waals surface area contributed by atoms with Crippen molar-refractivity contribution in [2.45, 2.75) is 6.92 Å². The first-order valence-electron chi connectivity index (χ1n) is 6.95. The SMILES string of the molecule is Cc1cc(NC(=O)c2cccc(NS(C)(=O)=O)c2)ccc1C(N)=O. The summed E-state index contributed by atoms with van der Waals surface area (Å²) < 4.78 is 24.8. The molecule has 0 atom stereocenters. The summed E-state index contributed by atoms with van der Waals surface area (Å²) in [6.07, 6.45) is 1.03. The van der Waals surface area contributed by atoms with Crippen LogP contribution in [-0.4, -0.2) is 26.5 Å². The summed E-state index contributed by atoms with van der Waals surface area (Å²) in [5.41, 5.74) is 7.36. The molecular weight excluding hydrogens is 330 g/mol. The van der Waals surface area contributed by atoms with Crippen molar-refractivity contribution in [3.8, 4) is 0 Å². The van der Waals surface area contributed by atoms with Crippen LogP contribution in [0.3, 0.4) is 0 Å². The van der Waals surface area contributed by atoms with E-state index < -0.39 is 21.8 Å². The maximum absolute atomic E-state index is 12.3. The van der Waals surface area contributed by atoms with Gasteiger partial charge in [-0.1, -0.05) is 6.07 Å². The van der Waals surface area contributed by atoms with Crippen LogP contribution < -0.4 is 15.8 Å². The highest BCUT2D eigenvalue weighted by atomic mass is 32.2. The predicted molar refractivity (Wildman–Crippen MR) is 92.6 cm³/mol. The van der Waals surface area contributed by atoms with Crippen molar-refractivity contribution in [2.75, 3.05) is 16.3 Å². The van der Waals surface area contributed by atoms with Crippen LogP contribution in [-0.2, 0) is 10.0 Å². The van der Waals surface area contributed by atoms with Crippen LogP contribution in [0.25, 0.3) is 0 Å². The normalized spacial score (nSPS) is 10.9. The number of aryl methyl sites for hydroxylation is 1. The lowest BCUT2D eigenvalue weighted by Gasteiger charge is -2.09. The van der Waals surface area contributed by atoms with Crippen LogP contribution in [0, 0.1) is 6.92 Å².